The fourth-order valence-electron chi connectivity index (χ4n) is 2.99. The third-order valence-corrected chi connectivity index (χ3v) is 4.71. The number of carboxylic acids is 1. The van der Waals surface area contributed by atoms with Gasteiger partial charge in [0.05, 0.1) is 0 Å². The quantitative estimate of drug-likeness (QED) is 0.576. The molecule has 0 unspecified atom stereocenters. The molecule has 5 heteroatoms. The zero-order chi connectivity index (χ0) is 21.2. The van der Waals surface area contributed by atoms with Crippen LogP contribution in [0.1, 0.15) is 42.3 Å². The highest BCUT2D eigenvalue weighted by Gasteiger charge is 2.17. The average Bonchev–Trinajstić information content (AvgIpc) is 2.67. The number of hydrogen-bond donors (Lipinski definition) is 2. The fraction of sp³-hybridized carbons (Fsp3) is 0.208. The van der Waals surface area contributed by atoms with E-state index in [1.54, 1.807) is 18.2 Å². The molecule has 0 aromatic heterocycles. The minimum atomic E-state index is -1.25. The summed E-state index contributed by atoms with van der Waals surface area (Å²) < 4.78 is 19.0. The molecular formula is C24H23FO4. The second-order valence-corrected chi connectivity index (χ2v) is 7.91. The summed E-state index contributed by atoms with van der Waals surface area (Å²) in [5, 5.41) is 19.8. The van der Waals surface area contributed by atoms with Crippen LogP contribution < -0.4 is 4.74 Å². The van der Waals surface area contributed by atoms with E-state index in [1.807, 2.05) is 24.3 Å². The van der Waals surface area contributed by atoms with Gasteiger partial charge in [-0.25, -0.2) is 9.18 Å². The second kappa shape index (κ2) is 7.95. The van der Waals surface area contributed by atoms with Gasteiger partial charge in [-0.15, -0.1) is 0 Å². The zero-order valence-corrected chi connectivity index (χ0v) is 16.6. The number of aromatic hydroxyl groups is 1. The average molecular weight is 394 g/mol. The monoisotopic (exact) mass is 394 g/mol. The van der Waals surface area contributed by atoms with Crippen LogP contribution in [-0.2, 0) is 12.0 Å². The van der Waals surface area contributed by atoms with Crippen molar-refractivity contribution in [2.45, 2.75) is 32.8 Å². The molecule has 150 valence electrons. The van der Waals surface area contributed by atoms with Gasteiger partial charge < -0.3 is 14.9 Å². The Hall–Kier alpha value is -3.34. The van der Waals surface area contributed by atoms with E-state index in [0.717, 1.165) is 0 Å². The molecule has 0 saturated heterocycles. The lowest BCUT2D eigenvalue weighted by Crippen LogP contribution is -2.10. The molecule has 0 aliphatic heterocycles. The second-order valence-electron chi connectivity index (χ2n) is 7.91. The number of aromatic carboxylic acids is 1. The highest BCUT2D eigenvalue weighted by Crippen LogP contribution is 2.32. The first-order valence-electron chi connectivity index (χ1n) is 9.23. The van der Waals surface area contributed by atoms with E-state index in [1.165, 1.54) is 23.8 Å². The van der Waals surface area contributed by atoms with Crippen LogP contribution >= 0.6 is 0 Å². The zero-order valence-electron chi connectivity index (χ0n) is 16.6. The van der Waals surface area contributed by atoms with Gasteiger partial charge in [0.2, 0.25) is 0 Å². The number of phenols is 1. The molecule has 0 bridgehead atoms. The predicted octanol–water partition coefficient (Wildman–Crippen LogP) is 5.77. The molecule has 0 spiro atoms. The maximum atomic E-state index is 13.2. The largest absolute Gasteiger partial charge is 0.507 e. The lowest BCUT2D eigenvalue weighted by atomic mass is 9.87. The molecule has 3 rings (SSSR count). The Kier molecular flexibility index (Phi) is 5.59. The Morgan fingerprint density at radius 2 is 1.59 bits per heavy atom. The molecule has 0 heterocycles. The predicted molar refractivity (Wildman–Crippen MR) is 110 cm³/mol. The Bertz CT molecular complexity index is 1020. The highest BCUT2D eigenvalue weighted by atomic mass is 19.1. The summed E-state index contributed by atoms with van der Waals surface area (Å²) in [6.07, 6.45) is 0. The molecule has 0 aliphatic carbocycles. The van der Waals surface area contributed by atoms with Crippen molar-refractivity contribution < 1.29 is 24.1 Å². The molecule has 3 aromatic rings. The Morgan fingerprint density at radius 1 is 0.966 bits per heavy atom. The molecule has 0 radical (unpaired) electrons. The molecule has 0 atom stereocenters. The normalized spacial score (nSPS) is 11.3. The fourth-order valence-corrected chi connectivity index (χ4v) is 2.99. The summed E-state index contributed by atoms with van der Waals surface area (Å²) in [5.74, 6) is -1.35. The number of hydrogen-bond acceptors (Lipinski definition) is 3. The first kappa shape index (κ1) is 20.4. The summed E-state index contributed by atoms with van der Waals surface area (Å²) in [7, 11) is 0. The van der Waals surface area contributed by atoms with Crippen LogP contribution in [0.5, 0.6) is 11.5 Å². The van der Waals surface area contributed by atoms with Gasteiger partial charge in [-0.3, -0.25) is 0 Å². The molecule has 3 aromatic carbocycles. The lowest BCUT2D eigenvalue weighted by Gasteiger charge is -2.19. The summed E-state index contributed by atoms with van der Waals surface area (Å²) in [6, 6.07) is 16.4. The van der Waals surface area contributed by atoms with Gasteiger partial charge in [-0.1, -0.05) is 45.0 Å². The Morgan fingerprint density at radius 3 is 2.14 bits per heavy atom. The summed E-state index contributed by atoms with van der Waals surface area (Å²) in [6.45, 7) is 6.36. The number of benzene rings is 3. The van der Waals surface area contributed by atoms with Crippen molar-refractivity contribution in [2.75, 3.05) is 0 Å². The van der Waals surface area contributed by atoms with Gasteiger partial charge in [-0.2, -0.15) is 0 Å². The molecule has 2 N–H and O–H groups in total. The van der Waals surface area contributed by atoms with Gasteiger partial charge in [0.15, 0.2) is 0 Å². The smallest absolute Gasteiger partial charge is 0.339 e. The van der Waals surface area contributed by atoms with Crippen LogP contribution in [-0.4, -0.2) is 16.2 Å². The number of carboxylic acid groups (broad SMARTS) is 1. The van der Waals surface area contributed by atoms with Crippen LogP contribution in [0.4, 0.5) is 4.39 Å². The van der Waals surface area contributed by atoms with Gasteiger partial charge in [0, 0.05) is 5.56 Å². The lowest BCUT2D eigenvalue weighted by molar-refractivity contribution is 0.0693. The van der Waals surface area contributed by atoms with Crippen LogP contribution in [0.25, 0.3) is 11.1 Å². The van der Waals surface area contributed by atoms with E-state index < -0.39 is 5.97 Å². The van der Waals surface area contributed by atoms with Crippen molar-refractivity contribution in [3.8, 4) is 22.6 Å². The Balaban J connectivity index is 1.89. The SMILES string of the molecule is CC(C)(C)c1ccc(OCc2cc(-c3ccc(F)cc3)cc(C(=O)O)c2O)cc1. The molecule has 0 amide bonds. The number of ether oxygens (including phenoxy) is 1. The minimum absolute atomic E-state index is 0.00396. The van der Waals surface area contributed by atoms with Crippen molar-refractivity contribution in [3.05, 3.63) is 83.2 Å². The van der Waals surface area contributed by atoms with E-state index in [4.69, 9.17) is 4.74 Å². The summed E-state index contributed by atoms with van der Waals surface area (Å²) in [5.41, 5.74) is 2.50. The molecule has 0 aliphatic rings. The van der Waals surface area contributed by atoms with Crippen molar-refractivity contribution >= 4 is 5.97 Å². The highest BCUT2D eigenvalue weighted by molar-refractivity contribution is 5.93. The third kappa shape index (κ3) is 4.74. The van der Waals surface area contributed by atoms with E-state index >= 15 is 0 Å². The standard InChI is InChI=1S/C24H23FO4/c1-24(2,3)18-6-10-20(11-7-18)29-14-17-12-16(13-21(22(17)26)23(27)28)15-4-8-19(25)9-5-15/h4-13,26H,14H2,1-3H3,(H,27,28). The minimum Gasteiger partial charge on any atom is -0.507 e. The van der Waals surface area contributed by atoms with Crippen molar-refractivity contribution in [2.24, 2.45) is 0 Å². The number of halogens is 1. The van der Waals surface area contributed by atoms with Crippen molar-refractivity contribution in [1.82, 2.24) is 0 Å². The van der Waals surface area contributed by atoms with Crippen LogP contribution in [0.15, 0.2) is 60.7 Å². The van der Waals surface area contributed by atoms with Gasteiger partial charge in [-0.05, 0) is 58.5 Å². The summed E-state index contributed by atoms with van der Waals surface area (Å²) >= 11 is 0. The van der Waals surface area contributed by atoms with E-state index in [2.05, 4.69) is 20.8 Å². The Labute approximate surface area is 169 Å². The molecule has 4 nitrogen and oxygen atoms in total. The first-order chi connectivity index (χ1) is 13.6. The van der Waals surface area contributed by atoms with E-state index in [-0.39, 0.29) is 29.2 Å². The third-order valence-electron chi connectivity index (χ3n) is 4.71. The van der Waals surface area contributed by atoms with Crippen molar-refractivity contribution in [1.29, 1.82) is 0 Å². The van der Waals surface area contributed by atoms with Crippen LogP contribution in [0.3, 0.4) is 0 Å². The molecule has 0 fully saturated rings. The first-order valence-corrected chi connectivity index (χ1v) is 9.23. The van der Waals surface area contributed by atoms with Gasteiger partial charge in [0.25, 0.3) is 0 Å². The van der Waals surface area contributed by atoms with Crippen LogP contribution in [0, 0.1) is 5.82 Å². The van der Waals surface area contributed by atoms with Crippen molar-refractivity contribution in [3.63, 3.8) is 0 Å². The van der Waals surface area contributed by atoms with E-state index in [9.17, 15) is 19.4 Å². The summed E-state index contributed by atoms with van der Waals surface area (Å²) in [4.78, 5) is 11.6. The topological polar surface area (TPSA) is 66.8 Å². The maximum Gasteiger partial charge on any atom is 0.339 e. The molecule has 29 heavy (non-hydrogen) atoms. The maximum absolute atomic E-state index is 13.2. The van der Waals surface area contributed by atoms with Gasteiger partial charge in [0.1, 0.15) is 29.5 Å². The number of rotatable bonds is 5. The van der Waals surface area contributed by atoms with Gasteiger partial charge >= 0.3 is 5.97 Å². The number of carbonyl (C=O) groups is 1. The molecule has 0 saturated carbocycles. The molecular weight excluding hydrogens is 371 g/mol. The van der Waals surface area contributed by atoms with Crippen LogP contribution in [0.2, 0.25) is 0 Å². The van der Waals surface area contributed by atoms with E-state index in [0.29, 0.717) is 22.4 Å².